The summed E-state index contributed by atoms with van der Waals surface area (Å²) in [6.45, 7) is 6.77. The van der Waals surface area contributed by atoms with Crippen LogP contribution in [0.25, 0.3) is 0 Å². The van der Waals surface area contributed by atoms with E-state index >= 15 is 0 Å². The van der Waals surface area contributed by atoms with Gasteiger partial charge in [-0.3, -0.25) is 9.59 Å². The van der Waals surface area contributed by atoms with Gasteiger partial charge in [0.1, 0.15) is 0 Å². The van der Waals surface area contributed by atoms with Gasteiger partial charge in [0.15, 0.2) is 0 Å². The second-order valence-corrected chi connectivity index (χ2v) is 10.3. The van der Waals surface area contributed by atoms with Crippen molar-refractivity contribution in [1.82, 2.24) is 4.90 Å². The van der Waals surface area contributed by atoms with Crippen LogP contribution in [0.1, 0.15) is 72.1 Å². The number of likely N-dealkylation sites (tertiary alicyclic amines) is 1. The van der Waals surface area contributed by atoms with Crippen molar-refractivity contribution in [3.8, 4) is 0 Å². The summed E-state index contributed by atoms with van der Waals surface area (Å²) in [5, 5.41) is 9.59. The molecular formula is C22H35NO3. The van der Waals surface area contributed by atoms with Crippen LogP contribution in [0.2, 0.25) is 0 Å². The molecule has 0 unspecified atom stereocenters. The molecule has 4 fully saturated rings. The van der Waals surface area contributed by atoms with E-state index in [1.807, 2.05) is 14.0 Å². The number of carbonyl (C=O) groups excluding carboxylic acids is 1. The normalized spacial score (nSPS) is 49.2. The van der Waals surface area contributed by atoms with Gasteiger partial charge in [-0.25, -0.2) is 0 Å². The zero-order valence-electron chi connectivity index (χ0n) is 16.8. The van der Waals surface area contributed by atoms with Gasteiger partial charge < -0.3 is 10.0 Å². The quantitative estimate of drug-likeness (QED) is 0.802. The molecule has 0 spiro atoms. The summed E-state index contributed by atoms with van der Waals surface area (Å²) in [5.41, 5.74) is 0.446. The first kappa shape index (κ1) is 18.3. The maximum absolute atomic E-state index is 12.2. The summed E-state index contributed by atoms with van der Waals surface area (Å²) in [6.07, 6.45) is 8.76. The lowest BCUT2D eigenvalue weighted by molar-refractivity contribution is -0.160. The Morgan fingerprint density at radius 3 is 2.46 bits per heavy atom. The molecule has 146 valence electrons. The van der Waals surface area contributed by atoms with Crippen molar-refractivity contribution >= 4 is 11.9 Å². The number of aliphatic carboxylic acids is 1. The van der Waals surface area contributed by atoms with Crippen LogP contribution in [0.15, 0.2) is 0 Å². The smallest absolute Gasteiger partial charge is 0.306 e. The zero-order valence-corrected chi connectivity index (χ0v) is 16.8. The van der Waals surface area contributed by atoms with Crippen LogP contribution < -0.4 is 0 Å². The number of carboxylic acids is 1. The zero-order chi connectivity index (χ0) is 18.9. The van der Waals surface area contributed by atoms with E-state index in [-0.39, 0.29) is 16.7 Å². The molecule has 0 radical (unpaired) electrons. The highest BCUT2D eigenvalue weighted by Crippen LogP contribution is 2.67. The summed E-state index contributed by atoms with van der Waals surface area (Å²) >= 11 is 0. The number of nitrogens with zero attached hydrogens (tertiary/aromatic N) is 1. The Labute approximate surface area is 157 Å². The fraction of sp³-hybridized carbons (Fsp3) is 0.909. The third kappa shape index (κ3) is 2.32. The van der Waals surface area contributed by atoms with Crippen molar-refractivity contribution in [2.24, 2.45) is 40.4 Å². The molecule has 4 nitrogen and oxygen atoms in total. The molecule has 1 saturated heterocycles. The average molecular weight is 362 g/mol. The van der Waals surface area contributed by atoms with Gasteiger partial charge in [0, 0.05) is 19.5 Å². The average Bonchev–Trinajstić information content (AvgIpc) is 2.95. The van der Waals surface area contributed by atoms with Crippen molar-refractivity contribution < 1.29 is 14.7 Å². The Balaban J connectivity index is 1.61. The maximum Gasteiger partial charge on any atom is 0.306 e. The van der Waals surface area contributed by atoms with Crippen molar-refractivity contribution in [3.05, 3.63) is 0 Å². The summed E-state index contributed by atoms with van der Waals surface area (Å²) in [7, 11) is 2.01. The molecule has 3 aliphatic carbocycles. The molecule has 0 aromatic heterocycles. The molecule has 0 aromatic carbocycles. The first-order chi connectivity index (χ1) is 12.2. The number of hydrogen-bond acceptors (Lipinski definition) is 2. The molecule has 0 aromatic rings. The number of piperidine rings is 1. The molecule has 4 rings (SSSR count). The van der Waals surface area contributed by atoms with Crippen molar-refractivity contribution in [2.75, 3.05) is 7.05 Å². The van der Waals surface area contributed by atoms with E-state index in [1.54, 1.807) is 0 Å². The third-order valence-corrected chi connectivity index (χ3v) is 9.62. The monoisotopic (exact) mass is 361 g/mol. The van der Waals surface area contributed by atoms with E-state index in [4.69, 9.17) is 0 Å². The molecule has 1 aliphatic heterocycles. The lowest BCUT2D eigenvalue weighted by Gasteiger charge is -2.62. The van der Waals surface area contributed by atoms with Gasteiger partial charge in [-0.1, -0.05) is 20.8 Å². The molecule has 4 aliphatic rings. The Morgan fingerprint density at radius 2 is 1.77 bits per heavy atom. The minimum Gasteiger partial charge on any atom is -0.481 e. The third-order valence-electron chi connectivity index (χ3n) is 9.62. The minimum absolute atomic E-state index is 0.193. The Hall–Kier alpha value is -1.06. The van der Waals surface area contributed by atoms with Crippen LogP contribution in [0.4, 0.5) is 0 Å². The lowest BCUT2D eigenvalue weighted by Crippen LogP contribution is -2.61. The highest BCUT2D eigenvalue weighted by Gasteiger charge is 2.61. The predicted molar refractivity (Wildman–Crippen MR) is 100 cm³/mol. The van der Waals surface area contributed by atoms with Gasteiger partial charge in [0.25, 0.3) is 0 Å². The van der Waals surface area contributed by atoms with Crippen molar-refractivity contribution in [3.63, 3.8) is 0 Å². The molecule has 26 heavy (non-hydrogen) atoms. The SMILES string of the molecule is C[C@H](C(=O)O)[C@H]1CC[C@H]2[C@@H]3CC[C@H]4N(C)C(=O)CC[C@]4(C)[C@H]3CC[C@]12C. The summed E-state index contributed by atoms with van der Waals surface area (Å²) in [4.78, 5) is 25.9. The summed E-state index contributed by atoms with van der Waals surface area (Å²) in [6, 6.07) is 0.407. The Morgan fingerprint density at radius 1 is 1.08 bits per heavy atom. The molecule has 3 saturated carbocycles. The molecule has 8 atom stereocenters. The standard InChI is InChI=1S/C22H35NO3/c1-13(20(25)26)15-6-7-16-14-5-8-18-22(3,12-10-19(24)23(18)4)17(14)9-11-21(15,16)2/h13-18H,5-12H2,1-4H3,(H,25,26)/t13-,14-,15+,16-,17-,18+,21+,22+/m0/s1. The highest BCUT2D eigenvalue weighted by atomic mass is 16.4. The molecule has 1 amide bonds. The lowest BCUT2D eigenvalue weighted by atomic mass is 9.46. The number of amides is 1. The summed E-state index contributed by atoms with van der Waals surface area (Å²) in [5.74, 6) is 1.90. The van der Waals surface area contributed by atoms with Gasteiger partial charge in [-0.2, -0.15) is 0 Å². The molecule has 4 heteroatoms. The molecular weight excluding hydrogens is 326 g/mol. The van der Waals surface area contributed by atoms with Gasteiger partial charge in [0.05, 0.1) is 5.92 Å². The minimum atomic E-state index is -0.623. The van der Waals surface area contributed by atoms with Crippen molar-refractivity contribution in [1.29, 1.82) is 0 Å². The van der Waals surface area contributed by atoms with E-state index in [0.717, 1.165) is 25.2 Å². The second kappa shape index (κ2) is 5.97. The number of fused-ring (bicyclic) bond motifs is 5. The van der Waals surface area contributed by atoms with Crippen molar-refractivity contribution in [2.45, 2.75) is 78.2 Å². The topological polar surface area (TPSA) is 57.6 Å². The van der Waals surface area contributed by atoms with E-state index < -0.39 is 5.97 Å². The maximum atomic E-state index is 12.2. The van der Waals surface area contributed by atoms with Crippen LogP contribution in [0, 0.1) is 40.4 Å². The number of hydrogen-bond donors (Lipinski definition) is 1. The van der Waals surface area contributed by atoms with Crippen LogP contribution in [0.3, 0.4) is 0 Å². The number of rotatable bonds is 2. The predicted octanol–water partition coefficient (Wildman–Crippen LogP) is 4.19. The van der Waals surface area contributed by atoms with Gasteiger partial charge >= 0.3 is 5.97 Å². The van der Waals surface area contributed by atoms with Crippen LogP contribution >= 0.6 is 0 Å². The van der Waals surface area contributed by atoms with Crippen LogP contribution in [-0.4, -0.2) is 35.0 Å². The van der Waals surface area contributed by atoms with E-state index in [1.165, 1.54) is 25.7 Å². The van der Waals surface area contributed by atoms with E-state index in [0.29, 0.717) is 36.1 Å². The molecule has 1 N–H and O–H groups in total. The molecule has 0 bridgehead atoms. The molecule has 1 heterocycles. The fourth-order valence-electron chi connectivity index (χ4n) is 8.18. The number of carbonyl (C=O) groups is 2. The first-order valence-corrected chi connectivity index (χ1v) is 10.7. The fourth-order valence-corrected chi connectivity index (χ4v) is 8.18. The van der Waals surface area contributed by atoms with Crippen LogP contribution in [-0.2, 0) is 9.59 Å². The van der Waals surface area contributed by atoms with Gasteiger partial charge in [-0.05, 0) is 79.4 Å². The first-order valence-electron chi connectivity index (χ1n) is 10.7. The highest BCUT2D eigenvalue weighted by molar-refractivity contribution is 5.77. The van der Waals surface area contributed by atoms with Gasteiger partial charge in [-0.15, -0.1) is 0 Å². The Bertz CT molecular complexity index is 619. The second-order valence-electron chi connectivity index (χ2n) is 10.3. The number of carboxylic acid groups (broad SMARTS) is 1. The van der Waals surface area contributed by atoms with E-state index in [9.17, 15) is 14.7 Å². The summed E-state index contributed by atoms with van der Waals surface area (Å²) < 4.78 is 0. The van der Waals surface area contributed by atoms with Gasteiger partial charge in [0.2, 0.25) is 5.91 Å². The van der Waals surface area contributed by atoms with E-state index in [2.05, 4.69) is 18.7 Å². The largest absolute Gasteiger partial charge is 0.481 e. The van der Waals surface area contributed by atoms with Crippen LogP contribution in [0.5, 0.6) is 0 Å². The Kier molecular flexibility index (Phi) is 4.20.